The second kappa shape index (κ2) is 9.89. The Morgan fingerprint density at radius 1 is 0.730 bits per heavy atom. The number of rotatable bonds is 6. The highest BCUT2D eigenvalue weighted by Crippen LogP contribution is 2.41. The van der Waals surface area contributed by atoms with E-state index >= 15 is 0 Å². The minimum absolute atomic E-state index is 0.0648. The molecule has 0 atom stereocenters. The number of carbonyl (C=O) groups is 2. The number of hydrogen-bond acceptors (Lipinski definition) is 5. The van der Waals surface area contributed by atoms with Gasteiger partial charge in [-0.25, -0.2) is 0 Å². The largest absolute Gasteiger partial charge is 0.273 e. The topological polar surface area (TPSA) is 97.8 Å². The van der Waals surface area contributed by atoms with Crippen LogP contribution in [-0.4, -0.2) is 21.7 Å². The molecule has 0 saturated carbocycles. The van der Waals surface area contributed by atoms with E-state index in [9.17, 15) is 20.1 Å². The molecule has 2 heterocycles. The summed E-state index contributed by atoms with van der Waals surface area (Å²) in [7, 11) is 0. The van der Waals surface area contributed by atoms with Gasteiger partial charge in [0.25, 0.3) is 5.91 Å². The zero-order valence-electron chi connectivity index (χ0n) is 20.0. The number of pyridine rings is 1. The Morgan fingerprint density at radius 3 is 1.84 bits per heavy atom. The Kier molecular flexibility index (Phi) is 6.32. The molecule has 0 saturated heterocycles. The SMILES string of the molecule is N#Cc1ccc(CC2(Cc3ccc(C#N)cc3)C(=O)N(Cc3ccccn3)C(=O)c3ccccc32)cc1. The second-order valence-electron chi connectivity index (χ2n) is 9.12. The van der Waals surface area contributed by atoms with Gasteiger partial charge >= 0.3 is 0 Å². The molecular formula is C31H22N4O2. The molecule has 0 spiro atoms. The molecule has 3 aromatic carbocycles. The van der Waals surface area contributed by atoms with Crippen molar-refractivity contribution >= 4 is 11.8 Å². The van der Waals surface area contributed by atoms with Crippen LogP contribution in [0.1, 0.15) is 43.9 Å². The van der Waals surface area contributed by atoms with Crippen molar-refractivity contribution in [3.05, 3.63) is 136 Å². The highest BCUT2D eigenvalue weighted by molar-refractivity contribution is 6.13. The lowest BCUT2D eigenvalue weighted by Crippen LogP contribution is -2.56. The Labute approximate surface area is 215 Å². The van der Waals surface area contributed by atoms with Crippen molar-refractivity contribution in [2.24, 2.45) is 0 Å². The quantitative estimate of drug-likeness (QED) is 0.370. The number of carbonyl (C=O) groups excluding carboxylic acids is 2. The fourth-order valence-corrected chi connectivity index (χ4v) is 4.99. The molecule has 6 heteroatoms. The van der Waals surface area contributed by atoms with Gasteiger partial charge in [-0.1, -0.05) is 48.5 Å². The molecule has 1 aliphatic heterocycles. The van der Waals surface area contributed by atoms with Crippen LogP contribution in [0.5, 0.6) is 0 Å². The predicted molar refractivity (Wildman–Crippen MR) is 137 cm³/mol. The minimum atomic E-state index is -1.08. The average molecular weight is 483 g/mol. The van der Waals surface area contributed by atoms with E-state index in [1.807, 2.05) is 42.5 Å². The number of hydrogen-bond donors (Lipinski definition) is 0. The number of aromatic nitrogens is 1. The first-order chi connectivity index (χ1) is 18.0. The van der Waals surface area contributed by atoms with E-state index in [2.05, 4.69) is 17.1 Å². The third-order valence-electron chi connectivity index (χ3n) is 6.80. The number of nitrogens with zero attached hydrogens (tertiary/aromatic N) is 4. The summed E-state index contributed by atoms with van der Waals surface area (Å²) in [5.41, 5.74) is 3.53. The Balaban J connectivity index is 1.67. The third kappa shape index (κ3) is 4.49. The van der Waals surface area contributed by atoms with Crippen LogP contribution in [0.25, 0.3) is 0 Å². The van der Waals surface area contributed by atoms with Crippen molar-refractivity contribution in [1.29, 1.82) is 10.5 Å². The average Bonchev–Trinajstić information content (AvgIpc) is 2.95. The van der Waals surface area contributed by atoms with Crippen molar-refractivity contribution in [1.82, 2.24) is 9.88 Å². The van der Waals surface area contributed by atoms with Crippen LogP contribution in [0.3, 0.4) is 0 Å². The van der Waals surface area contributed by atoms with Gasteiger partial charge in [0, 0.05) is 11.8 Å². The number of benzene rings is 3. The maximum Gasteiger partial charge on any atom is 0.261 e. The first-order valence-corrected chi connectivity index (χ1v) is 11.9. The third-order valence-corrected chi connectivity index (χ3v) is 6.80. The monoisotopic (exact) mass is 482 g/mol. The van der Waals surface area contributed by atoms with Crippen LogP contribution in [0.4, 0.5) is 0 Å². The molecule has 37 heavy (non-hydrogen) atoms. The highest BCUT2D eigenvalue weighted by atomic mass is 16.2. The molecule has 0 radical (unpaired) electrons. The van der Waals surface area contributed by atoms with Crippen LogP contribution >= 0.6 is 0 Å². The van der Waals surface area contributed by atoms with Gasteiger partial charge in [0.1, 0.15) is 0 Å². The highest BCUT2D eigenvalue weighted by Gasteiger charge is 2.50. The summed E-state index contributed by atoms with van der Waals surface area (Å²) in [5, 5.41) is 18.5. The maximum absolute atomic E-state index is 14.5. The lowest BCUT2D eigenvalue weighted by molar-refractivity contribution is -0.136. The van der Waals surface area contributed by atoms with Crippen molar-refractivity contribution in [3.63, 3.8) is 0 Å². The minimum Gasteiger partial charge on any atom is -0.273 e. The Bertz CT molecular complexity index is 1490. The molecule has 5 rings (SSSR count). The lowest BCUT2D eigenvalue weighted by Gasteiger charge is -2.42. The van der Waals surface area contributed by atoms with E-state index in [1.165, 1.54) is 4.90 Å². The van der Waals surface area contributed by atoms with Crippen LogP contribution < -0.4 is 0 Å². The molecule has 1 aromatic heterocycles. The van der Waals surface area contributed by atoms with Gasteiger partial charge in [-0.05, 0) is 72.0 Å². The fraction of sp³-hybridized carbons (Fsp3) is 0.129. The first-order valence-electron chi connectivity index (χ1n) is 11.9. The van der Waals surface area contributed by atoms with E-state index < -0.39 is 5.41 Å². The van der Waals surface area contributed by atoms with E-state index in [0.717, 1.165) is 11.1 Å². The molecule has 1 aliphatic rings. The second-order valence-corrected chi connectivity index (χ2v) is 9.12. The molecule has 178 valence electrons. The molecule has 4 aromatic rings. The summed E-state index contributed by atoms with van der Waals surface area (Å²) in [6.45, 7) is 0.0648. The summed E-state index contributed by atoms with van der Waals surface area (Å²) in [6, 6.07) is 31.3. The molecule has 0 unspecified atom stereocenters. The number of amides is 2. The molecule has 0 fully saturated rings. The smallest absolute Gasteiger partial charge is 0.261 e. The molecule has 6 nitrogen and oxygen atoms in total. The van der Waals surface area contributed by atoms with Crippen molar-refractivity contribution in [3.8, 4) is 12.1 Å². The van der Waals surface area contributed by atoms with Crippen molar-refractivity contribution < 1.29 is 9.59 Å². The Morgan fingerprint density at radius 2 is 1.30 bits per heavy atom. The standard InChI is InChI=1S/C31H22N4O2/c32-19-24-12-8-22(9-13-24)17-31(18-23-10-14-25(20-33)15-11-23)28-7-2-1-6-27(28)29(36)35(30(31)37)21-26-5-3-4-16-34-26/h1-16H,17-18,21H2. The summed E-state index contributed by atoms with van der Waals surface area (Å²) in [6.07, 6.45) is 2.31. The zero-order chi connectivity index (χ0) is 25.8. The van der Waals surface area contributed by atoms with Gasteiger partial charge in [0.15, 0.2) is 0 Å². The van der Waals surface area contributed by atoms with Gasteiger partial charge in [-0.2, -0.15) is 10.5 Å². The van der Waals surface area contributed by atoms with Gasteiger partial charge in [0.2, 0.25) is 5.91 Å². The molecule has 0 N–H and O–H groups in total. The van der Waals surface area contributed by atoms with Crippen LogP contribution in [0.2, 0.25) is 0 Å². The van der Waals surface area contributed by atoms with Crippen LogP contribution in [-0.2, 0) is 29.6 Å². The van der Waals surface area contributed by atoms with Crippen molar-refractivity contribution in [2.75, 3.05) is 0 Å². The molecule has 0 bridgehead atoms. The fourth-order valence-electron chi connectivity index (χ4n) is 4.99. The Hall–Kier alpha value is -5.07. The van der Waals surface area contributed by atoms with Crippen molar-refractivity contribution in [2.45, 2.75) is 24.8 Å². The molecule has 2 amide bonds. The normalized spacial score (nSPS) is 13.9. The first kappa shape index (κ1) is 23.7. The van der Waals surface area contributed by atoms with Crippen LogP contribution in [0.15, 0.2) is 97.2 Å². The number of fused-ring (bicyclic) bond motifs is 1. The van der Waals surface area contributed by atoms with E-state index in [0.29, 0.717) is 40.8 Å². The van der Waals surface area contributed by atoms with Crippen LogP contribution in [0, 0.1) is 22.7 Å². The number of imide groups is 1. The lowest BCUT2D eigenvalue weighted by atomic mass is 9.67. The summed E-state index contributed by atoms with van der Waals surface area (Å²) in [4.78, 5) is 33.7. The molecule has 0 aliphatic carbocycles. The number of nitriles is 2. The zero-order valence-corrected chi connectivity index (χ0v) is 20.0. The van der Waals surface area contributed by atoms with E-state index in [4.69, 9.17) is 0 Å². The summed E-state index contributed by atoms with van der Waals surface area (Å²) >= 11 is 0. The maximum atomic E-state index is 14.5. The molecular weight excluding hydrogens is 460 g/mol. The van der Waals surface area contributed by atoms with E-state index in [-0.39, 0.29) is 18.4 Å². The summed E-state index contributed by atoms with van der Waals surface area (Å²) < 4.78 is 0. The predicted octanol–water partition coefficient (Wildman–Crippen LogP) is 4.73. The van der Waals surface area contributed by atoms with Gasteiger partial charge in [0.05, 0.1) is 40.9 Å². The van der Waals surface area contributed by atoms with Gasteiger partial charge in [-0.15, -0.1) is 0 Å². The van der Waals surface area contributed by atoms with Gasteiger partial charge < -0.3 is 0 Å². The van der Waals surface area contributed by atoms with E-state index in [1.54, 1.807) is 54.7 Å². The van der Waals surface area contributed by atoms with Gasteiger partial charge in [-0.3, -0.25) is 19.5 Å². The summed E-state index contributed by atoms with van der Waals surface area (Å²) in [5.74, 6) is -0.642.